The molecule has 4 heteroatoms. The van der Waals surface area contributed by atoms with Crippen molar-refractivity contribution < 1.29 is 8.78 Å². The van der Waals surface area contributed by atoms with Gasteiger partial charge in [-0.05, 0) is 38.4 Å². The van der Waals surface area contributed by atoms with E-state index in [1.165, 1.54) is 12.5 Å². The molecule has 2 nitrogen and oxygen atoms in total. The van der Waals surface area contributed by atoms with Gasteiger partial charge in [-0.15, -0.1) is 0 Å². The molecule has 1 aliphatic heterocycles. The molecule has 0 aliphatic carbocycles. The molecule has 1 atom stereocenters. The predicted octanol–water partition coefficient (Wildman–Crippen LogP) is 3.32. The van der Waals surface area contributed by atoms with Gasteiger partial charge < -0.3 is 5.32 Å². The SMILES string of the molecule is CCCNCC1CCCCN1Cc1ccc(F)cc1F. The minimum atomic E-state index is -0.508. The molecule has 0 spiro atoms. The van der Waals surface area contributed by atoms with Crippen LogP contribution in [-0.2, 0) is 6.54 Å². The van der Waals surface area contributed by atoms with Crippen molar-refractivity contribution in [3.05, 3.63) is 35.4 Å². The van der Waals surface area contributed by atoms with Crippen molar-refractivity contribution in [3.8, 4) is 0 Å². The Morgan fingerprint density at radius 1 is 1.30 bits per heavy atom. The van der Waals surface area contributed by atoms with Crippen LogP contribution in [0.1, 0.15) is 38.2 Å². The highest BCUT2D eigenvalue weighted by molar-refractivity contribution is 5.18. The van der Waals surface area contributed by atoms with Gasteiger partial charge in [0.05, 0.1) is 0 Å². The van der Waals surface area contributed by atoms with E-state index in [1.54, 1.807) is 6.07 Å². The summed E-state index contributed by atoms with van der Waals surface area (Å²) in [6.07, 6.45) is 4.67. The zero-order chi connectivity index (χ0) is 14.4. The van der Waals surface area contributed by atoms with E-state index in [0.717, 1.165) is 45.0 Å². The standard InChI is InChI=1S/C16H24F2N2/c1-2-8-19-11-15-5-3-4-9-20(15)12-13-6-7-14(17)10-16(13)18/h6-7,10,15,19H,2-5,8-9,11-12H2,1H3. The van der Waals surface area contributed by atoms with Crippen LogP contribution in [0, 0.1) is 11.6 Å². The van der Waals surface area contributed by atoms with Crippen molar-refractivity contribution in [1.82, 2.24) is 10.2 Å². The highest BCUT2D eigenvalue weighted by atomic mass is 19.1. The Morgan fingerprint density at radius 2 is 2.15 bits per heavy atom. The average Bonchev–Trinajstić information content (AvgIpc) is 2.44. The second kappa shape index (κ2) is 7.70. The molecule has 0 radical (unpaired) electrons. The molecule has 0 amide bonds. The summed E-state index contributed by atoms with van der Waals surface area (Å²) in [6, 6.07) is 4.34. The number of rotatable bonds is 6. The largest absolute Gasteiger partial charge is 0.315 e. The molecule has 1 unspecified atom stereocenters. The molecule has 20 heavy (non-hydrogen) atoms. The zero-order valence-electron chi connectivity index (χ0n) is 12.2. The van der Waals surface area contributed by atoms with Crippen LogP contribution in [0.4, 0.5) is 8.78 Å². The molecule has 1 aromatic rings. The first-order valence-corrected chi connectivity index (χ1v) is 7.59. The van der Waals surface area contributed by atoms with Crippen LogP contribution in [0.25, 0.3) is 0 Å². The fourth-order valence-corrected chi connectivity index (χ4v) is 2.81. The normalized spacial score (nSPS) is 20.2. The molecule has 1 fully saturated rings. The van der Waals surface area contributed by atoms with Gasteiger partial charge in [0.15, 0.2) is 0 Å². The number of likely N-dealkylation sites (tertiary alicyclic amines) is 1. The van der Waals surface area contributed by atoms with Crippen LogP contribution in [0.2, 0.25) is 0 Å². The Morgan fingerprint density at radius 3 is 2.90 bits per heavy atom. The second-order valence-corrected chi connectivity index (χ2v) is 5.56. The van der Waals surface area contributed by atoms with E-state index in [-0.39, 0.29) is 0 Å². The quantitative estimate of drug-likeness (QED) is 0.805. The van der Waals surface area contributed by atoms with Gasteiger partial charge in [0.2, 0.25) is 0 Å². The molecule has 2 rings (SSSR count). The van der Waals surface area contributed by atoms with Gasteiger partial charge in [-0.25, -0.2) is 8.78 Å². The smallest absolute Gasteiger partial charge is 0.130 e. The number of nitrogens with one attached hydrogen (secondary N) is 1. The lowest BCUT2D eigenvalue weighted by atomic mass is 10.0. The molecular formula is C16H24F2N2. The van der Waals surface area contributed by atoms with Gasteiger partial charge in [0.25, 0.3) is 0 Å². The van der Waals surface area contributed by atoms with Crippen LogP contribution >= 0.6 is 0 Å². The number of nitrogens with zero attached hydrogens (tertiary/aromatic N) is 1. The summed E-state index contributed by atoms with van der Waals surface area (Å²) in [5, 5.41) is 3.45. The summed E-state index contributed by atoms with van der Waals surface area (Å²) in [5.74, 6) is -0.943. The minimum absolute atomic E-state index is 0.434. The van der Waals surface area contributed by atoms with Gasteiger partial charge in [-0.2, -0.15) is 0 Å². The molecule has 1 aromatic carbocycles. The molecule has 112 valence electrons. The Bertz CT molecular complexity index is 423. The lowest BCUT2D eigenvalue weighted by Gasteiger charge is -2.36. The van der Waals surface area contributed by atoms with Crippen molar-refractivity contribution in [1.29, 1.82) is 0 Å². The molecule has 1 heterocycles. The van der Waals surface area contributed by atoms with E-state index in [1.807, 2.05) is 0 Å². The highest BCUT2D eigenvalue weighted by Gasteiger charge is 2.22. The molecule has 1 aliphatic rings. The van der Waals surface area contributed by atoms with Crippen LogP contribution in [0.3, 0.4) is 0 Å². The third kappa shape index (κ3) is 4.25. The maximum Gasteiger partial charge on any atom is 0.130 e. The van der Waals surface area contributed by atoms with E-state index < -0.39 is 11.6 Å². The van der Waals surface area contributed by atoms with Gasteiger partial charge in [0, 0.05) is 30.8 Å². The summed E-state index contributed by atoms with van der Waals surface area (Å²) in [6.45, 7) is 5.70. The monoisotopic (exact) mass is 282 g/mol. The van der Waals surface area contributed by atoms with Crippen molar-refractivity contribution in [3.63, 3.8) is 0 Å². The van der Waals surface area contributed by atoms with Gasteiger partial charge in [0.1, 0.15) is 11.6 Å². The van der Waals surface area contributed by atoms with Crippen LogP contribution in [0.5, 0.6) is 0 Å². The van der Waals surface area contributed by atoms with E-state index >= 15 is 0 Å². The lowest BCUT2D eigenvalue weighted by Crippen LogP contribution is -2.45. The summed E-state index contributed by atoms with van der Waals surface area (Å²) in [5.41, 5.74) is 0.591. The van der Waals surface area contributed by atoms with E-state index in [4.69, 9.17) is 0 Å². The first-order valence-electron chi connectivity index (χ1n) is 7.59. The van der Waals surface area contributed by atoms with Gasteiger partial charge in [-0.3, -0.25) is 4.90 Å². The molecule has 0 aromatic heterocycles. The third-order valence-corrected chi connectivity index (χ3v) is 3.94. The second-order valence-electron chi connectivity index (χ2n) is 5.56. The summed E-state index contributed by atoms with van der Waals surface area (Å²) >= 11 is 0. The summed E-state index contributed by atoms with van der Waals surface area (Å²) in [7, 11) is 0. The Kier molecular flexibility index (Phi) is 5.92. The number of hydrogen-bond donors (Lipinski definition) is 1. The molecule has 1 saturated heterocycles. The average molecular weight is 282 g/mol. The molecule has 0 saturated carbocycles. The minimum Gasteiger partial charge on any atom is -0.315 e. The Balaban J connectivity index is 1.97. The highest BCUT2D eigenvalue weighted by Crippen LogP contribution is 2.20. The van der Waals surface area contributed by atoms with Crippen LogP contribution in [-0.4, -0.2) is 30.6 Å². The van der Waals surface area contributed by atoms with Crippen molar-refractivity contribution >= 4 is 0 Å². The van der Waals surface area contributed by atoms with Crippen LogP contribution in [0.15, 0.2) is 18.2 Å². The Hall–Kier alpha value is -1.00. The topological polar surface area (TPSA) is 15.3 Å². The molecular weight excluding hydrogens is 258 g/mol. The van der Waals surface area contributed by atoms with Crippen molar-refractivity contribution in [2.75, 3.05) is 19.6 Å². The number of benzene rings is 1. The third-order valence-electron chi connectivity index (χ3n) is 3.94. The van der Waals surface area contributed by atoms with E-state index in [2.05, 4.69) is 17.1 Å². The van der Waals surface area contributed by atoms with Crippen molar-refractivity contribution in [2.45, 2.75) is 45.2 Å². The fourth-order valence-electron chi connectivity index (χ4n) is 2.81. The lowest BCUT2D eigenvalue weighted by molar-refractivity contribution is 0.136. The first-order chi connectivity index (χ1) is 9.70. The fraction of sp³-hybridized carbons (Fsp3) is 0.625. The first kappa shape index (κ1) is 15.4. The van der Waals surface area contributed by atoms with Crippen LogP contribution < -0.4 is 5.32 Å². The number of piperidine rings is 1. The predicted molar refractivity (Wildman–Crippen MR) is 77.6 cm³/mol. The van der Waals surface area contributed by atoms with Crippen molar-refractivity contribution in [2.24, 2.45) is 0 Å². The molecule has 1 N–H and O–H groups in total. The maximum atomic E-state index is 13.8. The maximum absolute atomic E-state index is 13.8. The van der Waals surface area contributed by atoms with Gasteiger partial charge >= 0.3 is 0 Å². The molecule has 0 bridgehead atoms. The summed E-state index contributed by atoms with van der Waals surface area (Å²) in [4.78, 5) is 2.32. The zero-order valence-corrected chi connectivity index (χ0v) is 12.2. The van der Waals surface area contributed by atoms with E-state index in [0.29, 0.717) is 18.2 Å². The van der Waals surface area contributed by atoms with E-state index in [9.17, 15) is 8.78 Å². The van der Waals surface area contributed by atoms with Gasteiger partial charge in [-0.1, -0.05) is 19.4 Å². The number of halogens is 2. The summed E-state index contributed by atoms with van der Waals surface area (Å²) < 4.78 is 26.7. The number of hydrogen-bond acceptors (Lipinski definition) is 2. The Labute approximate surface area is 120 Å².